The summed E-state index contributed by atoms with van der Waals surface area (Å²) in [7, 11) is 0. The number of benzene rings is 1. The normalized spacial score (nSPS) is 18.8. The highest BCUT2D eigenvalue weighted by molar-refractivity contribution is 9.10. The first-order valence-electron chi connectivity index (χ1n) is 6.28. The van der Waals surface area contributed by atoms with E-state index < -0.39 is 6.04 Å². The molecule has 1 saturated heterocycles. The van der Waals surface area contributed by atoms with Crippen molar-refractivity contribution < 1.29 is 4.79 Å². The first-order chi connectivity index (χ1) is 9.09. The number of carbonyl (C=O) groups is 1. The van der Waals surface area contributed by atoms with Gasteiger partial charge in [0.2, 0.25) is 5.91 Å². The number of amides is 1. The molecule has 1 heterocycles. The van der Waals surface area contributed by atoms with Crippen LogP contribution in [0.25, 0.3) is 0 Å². The molecule has 0 radical (unpaired) electrons. The molecule has 0 spiro atoms. The topological polar surface area (TPSA) is 58.4 Å². The van der Waals surface area contributed by atoms with Crippen LogP contribution in [0.2, 0.25) is 5.02 Å². The Morgan fingerprint density at radius 3 is 2.89 bits per heavy atom. The van der Waals surface area contributed by atoms with E-state index in [-0.39, 0.29) is 5.91 Å². The molecule has 1 aromatic rings. The van der Waals surface area contributed by atoms with Crippen molar-refractivity contribution in [2.24, 2.45) is 5.73 Å². The van der Waals surface area contributed by atoms with Gasteiger partial charge in [-0.05, 0) is 46.6 Å². The second-order valence-electron chi connectivity index (χ2n) is 4.62. The summed E-state index contributed by atoms with van der Waals surface area (Å²) in [6.07, 6.45) is 1.01. The monoisotopic (exact) mass is 345 g/mol. The average Bonchev–Trinajstić information content (AvgIpc) is 2.62. The van der Waals surface area contributed by atoms with Gasteiger partial charge in [-0.15, -0.1) is 0 Å². The van der Waals surface area contributed by atoms with Crippen LogP contribution in [-0.4, -0.2) is 37.0 Å². The van der Waals surface area contributed by atoms with Gasteiger partial charge in [0.25, 0.3) is 0 Å². The zero-order valence-electron chi connectivity index (χ0n) is 10.5. The van der Waals surface area contributed by atoms with Crippen LogP contribution in [0.5, 0.6) is 0 Å². The molecule has 1 aromatic carbocycles. The number of nitrogens with two attached hydrogens (primary N) is 1. The Labute approximate surface area is 126 Å². The third-order valence-electron chi connectivity index (χ3n) is 3.27. The Morgan fingerprint density at radius 2 is 2.21 bits per heavy atom. The molecule has 6 heteroatoms. The van der Waals surface area contributed by atoms with Gasteiger partial charge in [-0.1, -0.05) is 17.7 Å². The summed E-state index contributed by atoms with van der Waals surface area (Å²) >= 11 is 9.38. The third kappa shape index (κ3) is 3.69. The van der Waals surface area contributed by atoms with Crippen LogP contribution >= 0.6 is 27.5 Å². The number of carbonyl (C=O) groups excluding carboxylic acids is 1. The summed E-state index contributed by atoms with van der Waals surface area (Å²) in [4.78, 5) is 13.9. The van der Waals surface area contributed by atoms with Crippen molar-refractivity contribution in [1.29, 1.82) is 0 Å². The van der Waals surface area contributed by atoms with E-state index >= 15 is 0 Å². The van der Waals surface area contributed by atoms with Gasteiger partial charge in [-0.2, -0.15) is 0 Å². The van der Waals surface area contributed by atoms with Crippen molar-refractivity contribution >= 4 is 33.4 Å². The van der Waals surface area contributed by atoms with Gasteiger partial charge in [0.1, 0.15) is 6.04 Å². The van der Waals surface area contributed by atoms with E-state index in [0.29, 0.717) is 5.02 Å². The SMILES string of the molecule is NC(=O)C(c1ccc(Cl)c(Br)c1)N1CCCNCC1. The lowest BCUT2D eigenvalue weighted by Crippen LogP contribution is -2.39. The van der Waals surface area contributed by atoms with Crippen LogP contribution in [0.4, 0.5) is 0 Å². The van der Waals surface area contributed by atoms with E-state index in [1.54, 1.807) is 6.07 Å². The molecule has 0 saturated carbocycles. The smallest absolute Gasteiger partial charge is 0.239 e. The minimum absolute atomic E-state index is 0.323. The Kier molecular flexibility index (Phi) is 5.21. The maximum atomic E-state index is 11.8. The molecule has 0 aromatic heterocycles. The third-order valence-corrected chi connectivity index (χ3v) is 4.48. The first-order valence-corrected chi connectivity index (χ1v) is 7.45. The van der Waals surface area contributed by atoms with Gasteiger partial charge in [-0.25, -0.2) is 0 Å². The Morgan fingerprint density at radius 1 is 1.42 bits per heavy atom. The molecule has 1 unspecified atom stereocenters. The second-order valence-corrected chi connectivity index (χ2v) is 5.88. The summed E-state index contributed by atoms with van der Waals surface area (Å²) in [5.41, 5.74) is 6.47. The Hall–Kier alpha value is -0.620. The zero-order valence-corrected chi connectivity index (χ0v) is 12.9. The van der Waals surface area contributed by atoms with Crippen molar-refractivity contribution in [1.82, 2.24) is 10.2 Å². The molecule has 1 amide bonds. The number of primary amides is 1. The van der Waals surface area contributed by atoms with Crippen LogP contribution < -0.4 is 11.1 Å². The molecule has 3 N–H and O–H groups in total. The van der Waals surface area contributed by atoms with Gasteiger partial charge in [-0.3, -0.25) is 9.69 Å². The molecule has 1 aliphatic rings. The zero-order chi connectivity index (χ0) is 13.8. The molecule has 104 valence electrons. The fourth-order valence-electron chi connectivity index (χ4n) is 2.36. The lowest BCUT2D eigenvalue weighted by molar-refractivity contribution is -0.123. The summed E-state index contributed by atoms with van der Waals surface area (Å²) in [6.45, 7) is 3.53. The molecular weight excluding hydrogens is 330 g/mol. The maximum absolute atomic E-state index is 11.8. The quantitative estimate of drug-likeness (QED) is 0.879. The molecule has 1 aliphatic heterocycles. The van der Waals surface area contributed by atoms with Gasteiger partial charge in [0.05, 0.1) is 5.02 Å². The Balaban J connectivity index is 2.27. The summed E-state index contributed by atoms with van der Waals surface area (Å²) in [5, 5.41) is 3.95. The highest BCUT2D eigenvalue weighted by atomic mass is 79.9. The van der Waals surface area contributed by atoms with E-state index in [0.717, 1.165) is 42.6 Å². The van der Waals surface area contributed by atoms with Crippen molar-refractivity contribution in [2.75, 3.05) is 26.2 Å². The molecule has 4 nitrogen and oxygen atoms in total. The van der Waals surface area contributed by atoms with E-state index in [1.165, 1.54) is 0 Å². The molecule has 0 bridgehead atoms. The highest BCUT2D eigenvalue weighted by Gasteiger charge is 2.26. The number of hydrogen-bond donors (Lipinski definition) is 2. The second kappa shape index (κ2) is 6.70. The summed E-state index contributed by atoms with van der Waals surface area (Å²) in [5.74, 6) is -0.323. The number of halogens is 2. The van der Waals surface area contributed by atoms with Gasteiger partial charge < -0.3 is 11.1 Å². The predicted octanol–water partition coefficient (Wildman–Crippen LogP) is 1.92. The van der Waals surface area contributed by atoms with Crippen LogP contribution in [0.15, 0.2) is 22.7 Å². The van der Waals surface area contributed by atoms with E-state index in [2.05, 4.69) is 26.1 Å². The average molecular weight is 347 g/mol. The minimum Gasteiger partial charge on any atom is -0.368 e. The number of nitrogens with zero attached hydrogens (tertiary/aromatic N) is 1. The molecule has 0 aliphatic carbocycles. The number of rotatable bonds is 3. The lowest BCUT2D eigenvalue weighted by Gasteiger charge is -2.28. The number of nitrogens with one attached hydrogen (secondary N) is 1. The van der Waals surface area contributed by atoms with E-state index in [4.69, 9.17) is 17.3 Å². The van der Waals surface area contributed by atoms with Crippen molar-refractivity contribution in [3.63, 3.8) is 0 Å². The molecule has 1 atom stereocenters. The van der Waals surface area contributed by atoms with Crippen molar-refractivity contribution in [3.05, 3.63) is 33.3 Å². The lowest BCUT2D eigenvalue weighted by atomic mass is 10.0. The summed E-state index contributed by atoms with van der Waals surface area (Å²) < 4.78 is 0.783. The predicted molar refractivity (Wildman–Crippen MR) is 80.1 cm³/mol. The molecule has 19 heavy (non-hydrogen) atoms. The molecule has 2 rings (SSSR count). The van der Waals surface area contributed by atoms with Gasteiger partial charge in [0.15, 0.2) is 0 Å². The van der Waals surface area contributed by atoms with Crippen molar-refractivity contribution in [2.45, 2.75) is 12.5 Å². The number of hydrogen-bond acceptors (Lipinski definition) is 3. The van der Waals surface area contributed by atoms with Gasteiger partial charge >= 0.3 is 0 Å². The minimum atomic E-state index is -0.395. The fraction of sp³-hybridized carbons (Fsp3) is 0.462. The van der Waals surface area contributed by atoms with Crippen LogP contribution in [0.1, 0.15) is 18.0 Å². The largest absolute Gasteiger partial charge is 0.368 e. The summed E-state index contributed by atoms with van der Waals surface area (Å²) in [6, 6.07) is 5.12. The highest BCUT2D eigenvalue weighted by Crippen LogP contribution is 2.28. The molecular formula is C13H17BrClN3O. The maximum Gasteiger partial charge on any atom is 0.239 e. The fourth-order valence-corrected chi connectivity index (χ4v) is 2.88. The van der Waals surface area contributed by atoms with E-state index in [9.17, 15) is 4.79 Å². The molecule has 1 fully saturated rings. The van der Waals surface area contributed by atoms with Crippen LogP contribution in [0, 0.1) is 0 Å². The van der Waals surface area contributed by atoms with Crippen LogP contribution in [0.3, 0.4) is 0 Å². The standard InChI is InChI=1S/C13H17BrClN3O/c14-10-8-9(2-3-11(10)15)12(13(16)19)18-6-1-4-17-5-7-18/h2-3,8,12,17H,1,4-7H2,(H2,16,19). The van der Waals surface area contributed by atoms with E-state index in [1.807, 2.05) is 12.1 Å². The van der Waals surface area contributed by atoms with Crippen LogP contribution in [-0.2, 0) is 4.79 Å². The van der Waals surface area contributed by atoms with Crippen molar-refractivity contribution in [3.8, 4) is 0 Å². The van der Waals surface area contributed by atoms with Gasteiger partial charge in [0, 0.05) is 24.1 Å². The Bertz CT molecular complexity index is 461. The first kappa shape index (κ1) is 14.8.